The molecule has 2 rings (SSSR count). The summed E-state index contributed by atoms with van der Waals surface area (Å²) in [6, 6.07) is 10.2. The highest BCUT2D eigenvalue weighted by molar-refractivity contribution is 9.10. The largest absolute Gasteiger partial charge is 0.384 e. The number of hydrogen-bond acceptors (Lipinski definition) is 1. The summed E-state index contributed by atoms with van der Waals surface area (Å²) in [5.74, 6) is -0.335. The summed E-state index contributed by atoms with van der Waals surface area (Å²) in [4.78, 5) is 0. The van der Waals surface area contributed by atoms with E-state index in [0.717, 1.165) is 21.2 Å². The monoisotopic (exact) mass is 308 g/mol. The lowest BCUT2D eigenvalue weighted by molar-refractivity contribution is 0.218. The molecule has 0 aromatic heterocycles. The fourth-order valence-corrected chi connectivity index (χ4v) is 2.64. The lowest BCUT2D eigenvalue weighted by Crippen LogP contribution is -2.03. The average molecular weight is 309 g/mol. The molecule has 18 heavy (non-hydrogen) atoms. The first-order valence-electron chi connectivity index (χ1n) is 5.69. The van der Waals surface area contributed by atoms with Crippen molar-refractivity contribution in [1.29, 1.82) is 0 Å². The molecule has 0 saturated carbocycles. The zero-order valence-electron chi connectivity index (χ0n) is 10.2. The molecular weight excluding hydrogens is 295 g/mol. The number of halogens is 2. The fraction of sp³-hybridized carbons (Fsp3) is 0.200. The van der Waals surface area contributed by atoms with E-state index in [4.69, 9.17) is 0 Å². The van der Waals surface area contributed by atoms with Crippen molar-refractivity contribution in [3.8, 4) is 0 Å². The molecule has 0 radical (unpaired) electrons. The summed E-state index contributed by atoms with van der Waals surface area (Å²) < 4.78 is 14.1. The predicted octanol–water partition coefficient (Wildman–Crippen LogP) is 4.29. The van der Waals surface area contributed by atoms with Gasteiger partial charge in [0.2, 0.25) is 0 Å². The number of aliphatic hydroxyl groups is 1. The van der Waals surface area contributed by atoms with E-state index in [1.807, 2.05) is 32.0 Å². The van der Waals surface area contributed by atoms with Gasteiger partial charge >= 0.3 is 0 Å². The Labute approximate surface area is 114 Å². The van der Waals surface area contributed by atoms with Crippen molar-refractivity contribution in [2.75, 3.05) is 0 Å². The van der Waals surface area contributed by atoms with Gasteiger partial charge in [-0.2, -0.15) is 0 Å². The van der Waals surface area contributed by atoms with Crippen LogP contribution >= 0.6 is 15.9 Å². The smallest absolute Gasteiger partial charge is 0.123 e. The Hall–Kier alpha value is -1.19. The highest BCUT2D eigenvalue weighted by atomic mass is 79.9. The van der Waals surface area contributed by atoms with Gasteiger partial charge in [-0.1, -0.05) is 34.1 Å². The molecule has 0 amide bonds. The maximum atomic E-state index is 13.3. The highest BCUT2D eigenvalue weighted by Gasteiger charge is 2.16. The molecule has 2 aromatic carbocycles. The molecule has 0 fully saturated rings. The van der Waals surface area contributed by atoms with Gasteiger partial charge in [-0.25, -0.2) is 4.39 Å². The van der Waals surface area contributed by atoms with Crippen molar-refractivity contribution < 1.29 is 9.50 Å². The van der Waals surface area contributed by atoms with Crippen LogP contribution in [0.3, 0.4) is 0 Å². The Morgan fingerprint density at radius 2 is 1.78 bits per heavy atom. The topological polar surface area (TPSA) is 20.2 Å². The van der Waals surface area contributed by atoms with Crippen LogP contribution in [0.1, 0.15) is 28.4 Å². The molecule has 0 aliphatic carbocycles. The van der Waals surface area contributed by atoms with Crippen molar-refractivity contribution in [3.63, 3.8) is 0 Å². The third-order valence-electron chi connectivity index (χ3n) is 2.99. The zero-order valence-corrected chi connectivity index (χ0v) is 11.8. The Bertz CT molecular complexity index is 581. The van der Waals surface area contributed by atoms with E-state index in [9.17, 15) is 9.50 Å². The molecule has 0 spiro atoms. The highest BCUT2D eigenvalue weighted by Crippen LogP contribution is 2.31. The SMILES string of the molecule is Cc1ccc(C(O)c2cc(F)ccc2C)c(Br)c1. The van der Waals surface area contributed by atoms with Crippen LogP contribution in [0.15, 0.2) is 40.9 Å². The third kappa shape index (κ3) is 2.62. The van der Waals surface area contributed by atoms with Gasteiger partial charge < -0.3 is 5.11 Å². The fourth-order valence-electron chi connectivity index (χ4n) is 1.93. The molecule has 1 N–H and O–H groups in total. The van der Waals surface area contributed by atoms with Crippen LogP contribution in [0.25, 0.3) is 0 Å². The summed E-state index contributed by atoms with van der Waals surface area (Å²) in [6.45, 7) is 3.84. The van der Waals surface area contributed by atoms with Crippen LogP contribution < -0.4 is 0 Å². The van der Waals surface area contributed by atoms with Crippen LogP contribution in [0.2, 0.25) is 0 Å². The van der Waals surface area contributed by atoms with Crippen LogP contribution in [0, 0.1) is 19.7 Å². The van der Waals surface area contributed by atoms with Gasteiger partial charge in [-0.3, -0.25) is 0 Å². The Balaban J connectivity index is 2.47. The zero-order chi connectivity index (χ0) is 13.3. The van der Waals surface area contributed by atoms with E-state index in [2.05, 4.69) is 15.9 Å². The molecular formula is C15H14BrFO. The first-order valence-corrected chi connectivity index (χ1v) is 6.48. The number of aryl methyl sites for hydroxylation is 2. The van der Waals surface area contributed by atoms with E-state index in [1.54, 1.807) is 6.07 Å². The summed E-state index contributed by atoms with van der Waals surface area (Å²) in [7, 11) is 0. The Morgan fingerprint density at radius 1 is 1.06 bits per heavy atom. The molecule has 0 aliphatic heterocycles. The van der Waals surface area contributed by atoms with E-state index in [-0.39, 0.29) is 5.82 Å². The second-order valence-electron chi connectivity index (χ2n) is 4.43. The summed E-state index contributed by atoms with van der Waals surface area (Å²) in [5.41, 5.74) is 3.32. The maximum Gasteiger partial charge on any atom is 0.123 e. The van der Waals surface area contributed by atoms with Crippen molar-refractivity contribution in [2.45, 2.75) is 20.0 Å². The summed E-state index contributed by atoms with van der Waals surface area (Å²) >= 11 is 3.43. The molecule has 1 nitrogen and oxygen atoms in total. The van der Waals surface area contributed by atoms with E-state index in [1.165, 1.54) is 12.1 Å². The van der Waals surface area contributed by atoms with E-state index >= 15 is 0 Å². The molecule has 3 heteroatoms. The molecule has 0 heterocycles. The molecule has 94 valence electrons. The van der Waals surface area contributed by atoms with Gasteiger partial charge in [0.1, 0.15) is 11.9 Å². The van der Waals surface area contributed by atoms with Gasteiger partial charge in [-0.15, -0.1) is 0 Å². The maximum absolute atomic E-state index is 13.3. The molecule has 0 saturated heterocycles. The summed E-state index contributed by atoms with van der Waals surface area (Å²) in [6.07, 6.45) is -0.823. The molecule has 0 aliphatic rings. The Kier molecular flexibility index (Phi) is 3.83. The standard InChI is InChI=1S/C15H14BrFO/c1-9-3-6-12(14(16)7-9)15(18)13-8-11(17)5-4-10(13)2/h3-8,15,18H,1-2H3. The number of aliphatic hydroxyl groups excluding tert-OH is 1. The van der Waals surface area contributed by atoms with Gasteiger partial charge in [0.15, 0.2) is 0 Å². The molecule has 1 atom stereocenters. The minimum atomic E-state index is -0.823. The van der Waals surface area contributed by atoms with Gasteiger partial charge in [0.05, 0.1) is 0 Å². The Morgan fingerprint density at radius 3 is 2.44 bits per heavy atom. The predicted molar refractivity (Wildman–Crippen MR) is 74.1 cm³/mol. The average Bonchev–Trinajstić information content (AvgIpc) is 2.31. The number of rotatable bonds is 2. The molecule has 2 aromatic rings. The van der Waals surface area contributed by atoms with Gasteiger partial charge in [0, 0.05) is 4.47 Å². The van der Waals surface area contributed by atoms with Crippen LogP contribution in [0.5, 0.6) is 0 Å². The molecule has 0 bridgehead atoms. The van der Waals surface area contributed by atoms with Gasteiger partial charge in [0.25, 0.3) is 0 Å². The lowest BCUT2D eigenvalue weighted by Gasteiger charge is -2.16. The molecule has 1 unspecified atom stereocenters. The second kappa shape index (κ2) is 5.21. The van der Waals surface area contributed by atoms with Crippen molar-refractivity contribution in [3.05, 3.63) is 68.9 Å². The van der Waals surface area contributed by atoms with Crippen molar-refractivity contribution in [1.82, 2.24) is 0 Å². The van der Waals surface area contributed by atoms with E-state index in [0.29, 0.717) is 5.56 Å². The number of hydrogen-bond donors (Lipinski definition) is 1. The van der Waals surface area contributed by atoms with Crippen LogP contribution in [-0.4, -0.2) is 5.11 Å². The van der Waals surface area contributed by atoms with Crippen molar-refractivity contribution >= 4 is 15.9 Å². The van der Waals surface area contributed by atoms with Gasteiger partial charge in [-0.05, 0) is 54.3 Å². The number of benzene rings is 2. The summed E-state index contributed by atoms with van der Waals surface area (Å²) in [5, 5.41) is 10.4. The first kappa shape index (κ1) is 13.2. The van der Waals surface area contributed by atoms with Crippen LogP contribution in [0.4, 0.5) is 4.39 Å². The van der Waals surface area contributed by atoms with Crippen molar-refractivity contribution in [2.24, 2.45) is 0 Å². The second-order valence-corrected chi connectivity index (χ2v) is 5.28. The normalized spacial score (nSPS) is 12.5. The minimum Gasteiger partial charge on any atom is -0.384 e. The quantitative estimate of drug-likeness (QED) is 0.877. The third-order valence-corrected chi connectivity index (χ3v) is 3.67. The minimum absolute atomic E-state index is 0.335. The first-order chi connectivity index (χ1) is 8.49. The van der Waals surface area contributed by atoms with Crippen LogP contribution in [-0.2, 0) is 0 Å². The van der Waals surface area contributed by atoms with E-state index < -0.39 is 6.10 Å². The lowest BCUT2D eigenvalue weighted by atomic mass is 9.97.